The number of pyridine rings is 2. The van der Waals surface area contributed by atoms with E-state index in [2.05, 4.69) is 79.6 Å². The number of unbranched alkanes of at least 4 members (excludes halogenated alkanes) is 2. The Balaban J connectivity index is 0.000000238. The van der Waals surface area contributed by atoms with E-state index in [1.165, 1.54) is 18.0 Å². The predicted molar refractivity (Wildman–Crippen MR) is 199 cm³/mol. The average Bonchev–Trinajstić information content (AvgIpc) is 3.16. The Morgan fingerprint density at radius 3 is 1.59 bits per heavy atom. The third-order valence-electron chi connectivity index (χ3n) is 8.45. The van der Waals surface area contributed by atoms with Gasteiger partial charge in [-0.2, -0.15) is 0 Å². The van der Waals surface area contributed by atoms with Crippen LogP contribution in [0.25, 0.3) is 0 Å². The number of hydrogen-bond donors (Lipinski definition) is 5. The zero-order chi connectivity index (χ0) is 36.3. The molecule has 4 heterocycles. The highest BCUT2D eigenvalue weighted by Gasteiger charge is 2.23. The van der Waals surface area contributed by atoms with Crippen molar-refractivity contribution in [3.8, 4) is 0 Å². The molecule has 6 amide bonds. The van der Waals surface area contributed by atoms with Crippen LogP contribution in [0.1, 0.15) is 65.8 Å². The first-order valence-electron chi connectivity index (χ1n) is 17.9. The fraction of sp³-hybridized carbons (Fsp3) is 0.459. The second kappa shape index (κ2) is 21.2. The Kier molecular flexibility index (Phi) is 16.1. The third-order valence-corrected chi connectivity index (χ3v) is 8.45. The summed E-state index contributed by atoms with van der Waals surface area (Å²) in [7, 11) is 0. The standard InChI is InChI=1S/C22H29N5O2.C15H23N5O2/c1-2-3-11-23-22(29)25-20-10-9-19(16-24-20)21(28)27-14-12-26(13-15-27)17-18-7-5-4-6-8-18;1-2-3-6-17-15(22)19-13-5-4-12(11-18-13)14(21)20-9-7-16-8-10-20/h4-10,16H,2-3,11-15,17H2,1H3,(H2,23,24,25,29);4-5,11,16H,2-3,6-10H2,1H3,(H2,17,18,19,22). The first kappa shape index (κ1) is 38.7. The van der Waals surface area contributed by atoms with E-state index in [-0.39, 0.29) is 23.9 Å². The van der Waals surface area contributed by atoms with E-state index in [1.807, 2.05) is 11.0 Å². The van der Waals surface area contributed by atoms with Crippen molar-refractivity contribution < 1.29 is 19.2 Å². The lowest BCUT2D eigenvalue weighted by Crippen LogP contribution is -2.48. The van der Waals surface area contributed by atoms with Crippen LogP contribution in [-0.2, 0) is 6.54 Å². The predicted octanol–water partition coefficient (Wildman–Crippen LogP) is 4.01. The number of nitrogens with one attached hydrogen (secondary N) is 5. The van der Waals surface area contributed by atoms with E-state index in [4.69, 9.17) is 0 Å². The molecule has 51 heavy (non-hydrogen) atoms. The Labute approximate surface area is 300 Å². The van der Waals surface area contributed by atoms with E-state index in [1.54, 1.807) is 29.2 Å². The van der Waals surface area contributed by atoms with Gasteiger partial charge in [0.25, 0.3) is 11.8 Å². The lowest BCUT2D eigenvalue weighted by Gasteiger charge is -2.34. The minimum absolute atomic E-state index is 0.0178. The van der Waals surface area contributed by atoms with Gasteiger partial charge in [0.05, 0.1) is 11.1 Å². The van der Waals surface area contributed by atoms with Gasteiger partial charge in [0, 0.05) is 84.4 Å². The van der Waals surface area contributed by atoms with Gasteiger partial charge in [-0.1, -0.05) is 57.0 Å². The zero-order valence-corrected chi connectivity index (χ0v) is 29.8. The molecular weight excluding hydrogens is 648 g/mol. The highest BCUT2D eigenvalue weighted by atomic mass is 16.2. The van der Waals surface area contributed by atoms with Crippen molar-refractivity contribution in [1.29, 1.82) is 0 Å². The number of nitrogens with zero attached hydrogens (tertiary/aromatic N) is 5. The van der Waals surface area contributed by atoms with Crippen molar-refractivity contribution >= 4 is 35.5 Å². The van der Waals surface area contributed by atoms with E-state index in [0.29, 0.717) is 62.0 Å². The number of benzene rings is 1. The summed E-state index contributed by atoms with van der Waals surface area (Å²) in [5.41, 5.74) is 2.37. The lowest BCUT2D eigenvalue weighted by molar-refractivity contribution is 0.0627. The molecule has 0 spiro atoms. The Bertz CT molecular complexity index is 1510. The minimum Gasteiger partial charge on any atom is -0.338 e. The average molecular weight is 701 g/mol. The quantitative estimate of drug-likeness (QED) is 0.177. The molecule has 3 aromatic rings. The molecule has 0 unspecified atom stereocenters. The fourth-order valence-corrected chi connectivity index (χ4v) is 5.45. The Morgan fingerprint density at radius 1 is 0.647 bits per heavy atom. The number of urea groups is 2. The molecule has 5 N–H and O–H groups in total. The molecule has 14 nitrogen and oxygen atoms in total. The van der Waals surface area contributed by atoms with Gasteiger partial charge in [0.1, 0.15) is 11.6 Å². The zero-order valence-electron chi connectivity index (χ0n) is 29.8. The summed E-state index contributed by atoms with van der Waals surface area (Å²) in [6.07, 6.45) is 6.97. The first-order chi connectivity index (χ1) is 24.9. The number of aromatic nitrogens is 2. The molecule has 0 bridgehead atoms. The van der Waals surface area contributed by atoms with E-state index >= 15 is 0 Å². The van der Waals surface area contributed by atoms with Gasteiger partial charge in [-0.3, -0.25) is 25.1 Å². The molecule has 2 aliphatic rings. The Hall–Kier alpha value is -5.08. The van der Waals surface area contributed by atoms with Crippen LogP contribution in [0.15, 0.2) is 67.0 Å². The van der Waals surface area contributed by atoms with Gasteiger partial charge in [-0.15, -0.1) is 0 Å². The van der Waals surface area contributed by atoms with Crippen molar-refractivity contribution in [2.45, 2.75) is 46.1 Å². The molecule has 0 aliphatic carbocycles. The van der Waals surface area contributed by atoms with Crippen LogP contribution in [0, 0.1) is 0 Å². The van der Waals surface area contributed by atoms with Crippen LogP contribution in [-0.4, -0.2) is 114 Å². The normalized spacial score (nSPS) is 14.5. The third kappa shape index (κ3) is 13.3. The van der Waals surface area contributed by atoms with Crippen LogP contribution in [0.4, 0.5) is 21.2 Å². The van der Waals surface area contributed by atoms with Gasteiger partial charge >= 0.3 is 12.1 Å². The molecule has 0 radical (unpaired) electrons. The maximum absolute atomic E-state index is 12.7. The van der Waals surface area contributed by atoms with Crippen molar-refractivity contribution in [3.63, 3.8) is 0 Å². The van der Waals surface area contributed by atoms with Gasteiger partial charge in [-0.25, -0.2) is 19.6 Å². The largest absolute Gasteiger partial charge is 0.338 e. The highest BCUT2D eigenvalue weighted by Crippen LogP contribution is 2.13. The van der Waals surface area contributed by atoms with Crippen molar-refractivity contribution in [2.24, 2.45) is 0 Å². The minimum atomic E-state index is -0.278. The van der Waals surface area contributed by atoms with Crippen LogP contribution in [0.3, 0.4) is 0 Å². The van der Waals surface area contributed by atoms with Gasteiger partial charge in [0.2, 0.25) is 0 Å². The monoisotopic (exact) mass is 700 g/mol. The molecule has 5 rings (SSSR count). The van der Waals surface area contributed by atoms with Crippen molar-refractivity contribution in [1.82, 2.24) is 40.6 Å². The summed E-state index contributed by atoms with van der Waals surface area (Å²) in [5.74, 6) is 0.831. The molecule has 2 fully saturated rings. The fourth-order valence-electron chi connectivity index (χ4n) is 5.45. The SMILES string of the molecule is CCCCNC(=O)Nc1ccc(C(=O)N2CCN(Cc3ccccc3)CC2)cn1.CCCCNC(=O)Nc1ccc(C(=O)N2CCNCC2)cn1. The molecule has 274 valence electrons. The molecular formula is C37H52N10O4. The van der Waals surface area contributed by atoms with Crippen LogP contribution >= 0.6 is 0 Å². The van der Waals surface area contributed by atoms with Crippen LogP contribution in [0.2, 0.25) is 0 Å². The van der Waals surface area contributed by atoms with Crippen LogP contribution in [0.5, 0.6) is 0 Å². The summed E-state index contributed by atoms with van der Waals surface area (Å²) in [6.45, 7) is 12.5. The maximum atomic E-state index is 12.7. The van der Waals surface area contributed by atoms with Gasteiger partial charge in [0.15, 0.2) is 0 Å². The van der Waals surface area contributed by atoms with E-state index < -0.39 is 0 Å². The number of anilines is 2. The summed E-state index contributed by atoms with van der Waals surface area (Å²) >= 11 is 0. The first-order valence-corrected chi connectivity index (χ1v) is 17.9. The molecule has 2 aliphatic heterocycles. The molecule has 0 atom stereocenters. The van der Waals surface area contributed by atoms with Gasteiger partial charge < -0.3 is 25.8 Å². The number of rotatable bonds is 12. The number of carbonyl (C=O) groups excluding carboxylic acids is 4. The number of carbonyl (C=O) groups is 4. The Morgan fingerprint density at radius 2 is 1.14 bits per heavy atom. The topological polar surface area (TPSA) is 164 Å². The lowest BCUT2D eigenvalue weighted by atomic mass is 10.2. The molecule has 1 aromatic carbocycles. The smallest absolute Gasteiger partial charge is 0.320 e. The van der Waals surface area contributed by atoms with Crippen molar-refractivity contribution in [2.75, 3.05) is 76.1 Å². The summed E-state index contributed by atoms with van der Waals surface area (Å²) < 4.78 is 0. The molecule has 0 saturated carbocycles. The van der Waals surface area contributed by atoms with E-state index in [0.717, 1.165) is 58.4 Å². The van der Waals surface area contributed by atoms with E-state index in [9.17, 15) is 19.2 Å². The highest BCUT2D eigenvalue weighted by molar-refractivity contribution is 5.95. The molecule has 14 heteroatoms. The summed E-state index contributed by atoms with van der Waals surface area (Å²) in [4.78, 5) is 62.8. The molecule has 2 aromatic heterocycles. The van der Waals surface area contributed by atoms with Gasteiger partial charge in [-0.05, 0) is 42.7 Å². The van der Waals surface area contributed by atoms with Crippen molar-refractivity contribution in [3.05, 3.63) is 83.7 Å². The molecule has 2 saturated heterocycles. The summed E-state index contributed by atoms with van der Waals surface area (Å²) in [5, 5.41) is 14.1. The maximum Gasteiger partial charge on any atom is 0.320 e. The summed E-state index contributed by atoms with van der Waals surface area (Å²) in [6, 6.07) is 16.5. The second-order valence-electron chi connectivity index (χ2n) is 12.4. The van der Waals surface area contributed by atoms with Crippen LogP contribution < -0.4 is 26.6 Å². The second-order valence-corrected chi connectivity index (χ2v) is 12.4. The number of amides is 6. The number of piperazine rings is 2. The number of hydrogen-bond acceptors (Lipinski definition) is 8.